The number of aliphatic carboxylic acids is 2. The van der Waals surface area contributed by atoms with Crippen LogP contribution in [-0.2, 0) is 24.0 Å². The minimum atomic E-state index is -1.29. The molecule has 0 radical (unpaired) electrons. The molecule has 0 aromatic carbocycles. The number of carboxylic acid groups (broad SMARTS) is 2. The van der Waals surface area contributed by atoms with E-state index in [9.17, 15) is 24.0 Å². The topological polar surface area (TPSA) is 188 Å². The molecule has 27 heavy (non-hydrogen) atoms. The maximum Gasteiger partial charge on any atom is 0.327 e. The lowest BCUT2D eigenvalue weighted by atomic mass is 10.1. The van der Waals surface area contributed by atoms with E-state index in [4.69, 9.17) is 15.9 Å². The summed E-state index contributed by atoms with van der Waals surface area (Å²) < 4.78 is 0. The van der Waals surface area contributed by atoms with Gasteiger partial charge in [-0.15, -0.1) is 0 Å². The molecule has 11 nitrogen and oxygen atoms in total. The van der Waals surface area contributed by atoms with Crippen molar-refractivity contribution in [2.24, 2.45) is 5.73 Å². The van der Waals surface area contributed by atoms with Crippen molar-refractivity contribution in [3.63, 3.8) is 0 Å². The normalized spacial score (nSPS) is 15.0. The Balaban J connectivity index is 4.98. The zero-order chi connectivity index (χ0) is 21.1. The van der Waals surface area contributed by atoms with Crippen molar-refractivity contribution in [3.05, 3.63) is 0 Å². The highest BCUT2D eigenvalue weighted by molar-refractivity contribution is 7.80. The van der Waals surface area contributed by atoms with E-state index in [1.165, 1.54) is 6.92 Å². The number of hydrogen-bond donors (Lipinski definition) is 8. The highest BCUT2D eigenvalue weighted by atomic mass is 32.1. The summed E-state index contributed by atoms with van der Waals surface area (Å²) in [4.78, 5) is 57.8. The zero-order valence-corrected chi connectivity index (χ0v) is 16.3. The zero-order valence-electron chi connectivity index (χ0n) is 14.5. The lowest BCUT2D eigenvalue weighted by molar-refractivity contribution is -0.141. The van der Waals surface area contributed by atoms with Crippen LogP contribution in [0.15, 0.2) is 0 Å². The van der Waals surface area contributed by atoms with Crippen LogP contribution in [0.1, 0.15) is 19.8 Å². The first-order chi connectivity index (χ1) is 12.5. The molecule has 0 heterocycles. The fraction of sp³-hybridized carbons (Fsp3) is 0.643. The lowest BCUT2D eigenvalue weighted by Gasteiger charge is -2.22. The van der Waals surface area contributed by atoms with Crippen LogP contribution >= 0.6 is 25.3 Å². The molecule has 4 atom stereocenters. The quantitative estimate of drug-likeness (QED) is 0.159. The molecule has 0 aromatic heterocycles. The summed E-state index contributed by atoms with van der Waals surface area (Å²) in [5.74, 6) is -4.89. The van der Waals surface area contributed by atoms with Gasteiger partial charge in [0.1, 0.15) is 18.1 Å². The SMILES string of the molecule is CC(NC(=O)C(CCC(=O)O)NC(=O)C(N)CS)C(=O)NC(CS)C(=O)O. The monoisotopic (exact) mass is 424 g/mol. The van der Waals surface area contributed by atoms with Gasteiger partial charge >= 0.3 is 11.9 Å². The van der Waals surface area contributed by atoms with Crippen LogP contribution in [0, 0.1) is 0 Å². The molecule has 4 unspecified atom stereocenters. The van der Waals surface area contributed by atoms with Crippen molar-refractivity contribution in [1.29, 1.82) is 0 Å². The van der Waals surface area contributed by atoms with Gasteiger partial charge in [-0.2, -0.15) is 25.3 Å². The first kappa shape index (κ1) is 25.0. The first-order valence-electron chi connectivity index (χ1n) is 7.86. The van der Waals surface area contributed by atoms with Gasteiger partial charge < -0.3 is 31.9 Å². The molecule has 0 aliphatic carbocycles. The Kier molecular flexibility index (Phi) is 11.5. The van der Waals surface area contributed by atoms with Gasteiger partial charge in [-0.1, -0.05) is 0 Å². The molecule has 0 aromatic rings. The fourth-order valence-electron chi connectivity index (χ4n) is 1.76. The van der Waals surface area contributed by atoms with Crippen LogP contribution in [0.2, 0.25) is 0 Å². The van der Waals surface area contributed by atoms with E-state index in [-0.39, 0.29) is 17.9 Å². The molecule has 0 spiro atoms. The third kappa shape index (κ3) is 9.49. The molecule has 0 aliphatic heterocycles. The molecule has 0 saturated carbocycles. The molecule has 0 aliphatic rings. The van der Waals surface area contributed by atoms with E-state index in [1.54, 1.807) is 0 Å². The molecule has 0 rings (SSSR count). The molecule has 13 heteroatoms. The number of rotatable bonds is 12. The predicted octanol–water partition coefficient (Wildman–Crippen LogP) is -2.40. The van der Waals surface area contributed by atoms with E-state index in [1.807, 2.05) is 0 Å². The molecule has 0 bridgehead atoms. The van der Waals surface area contributed by atoms with Crippen molar-refractivity contribution in [3.8, 4) is 0 Å². The Hall–Kier alpha value is -1.99. The standard InChI is InChI=1S/C14H24N4O7S2/c1-6(11(21)18-9(5-27)14(24)25)16-13(23)8(2-3-10(19)20)17-12(22)7(15)4-26/h6-9,26-27H,2-5,15H2,1H3,(H,16,23)(H,17,22)(H,18,21)(H,19,20)(H,24,25). The van der Waals surface area contributed by atoms with E-state index >= 15 is 0 Å². The minimum absolute atomic E-state index is 0.0121. The summed E-state index contributed by atoms with van der Waals surface area (Å²) >= 11 is 7.68. The van der Waals surface area contributed by atoms with E-state index in [0.717, 1.165) is 0 Å². The summed E-state index contributed by atoms with van der Waals surface area (Å²) in [6.45, 7) is 1.31. The van der Waals surface area contributed by atoms with Gasteiger partial charge in [-0.05, 0) is 13.3 Å². The molecule has 7 N–H and O–H groups in total. The minimum Gasteiger partial charge on any atom is -0.481 e. The Morgan fingerprint density at radius 2 is 1.44 bits per heavy atom. The second-order valence-corrected chi connectivity index (χ2v) is 6.33. The number of thiol groups is 2. The molecular formula is C14H24N4O7S2. The second kappa shape index (κ2) is 12.4. The van der Waals surface area contributed by atoms with Crippen LogP contribution in [0.4, 0.5) is 0 Å². The Morgan fingerprint density at radius 3 is 1.89 bits per heavy atom. The van der Waals surface area contributed by atoms with Gasteiger partial charge in [0.05, 0.1) is 6.04 Å². The number of amides is 3. The Bertz CT molecular complexity index is 576. The number of hydrogen-bond acceptors (Lipinski definition) is 8. The summed E-state index contributed by atoms with van der Waals surface area (Å²) in [5, 5.41) is 24.5. The maximum atomic E-state index is 12.3. The average molecular weight is 425 g/mol. The number of carboxylic acids is 2. The van der Waals surface area contributed by atoms with Gasteiger partial charge in [0.2, 0.25) is 17.7 Å². The summed E-state index contributed by atoms with van der Waals surface area (Å²) in [6, 6.07) is -4.62. The number of carbonyl (C=O) groups excluding carboxylic acids is 3. The number of nitrogens with two attached hydrogens (primary N) is 1. The first-order valence-corrected chi connectivity index (χ1v) is 9.12. The van der Waals surface area contributed by atoms with Crippen LogP contribution < -0.4 is 21.7 Å². The molecular weight excluding hydrogens is 400 g/mol. The number of nitrogens with one attached hydrogen (secondary N) is 3. The molecule has 3 amide bonds. The van der Waals surface area contributed by atoms with E-state index in [0.29, 0.717) is 0 Å². The van der Waals surface area contributed by atoms with Crippen LogP contribution in [-0.4, -0.2) is 75.5 Å². The van der Waals surface area contributed by atoms with E-state index < -0.39 is 60.2 Å². The Morgan fingerprint density at radius 1 is 0.889 bits per heavy atom. The summed E-state index contributed by atoms with van der Waals surface area (Å²) in [7, 11) is 0. The molecule has 0 fully saturated rings. The maximum absolute atomic E-state index is 12.3. The van der Waals surface area contributed by atoms with Crippen molar-refractivity contribution in [1.82, 2.24) is 16.0 Å². The van der Waals surface area contributed by atoms with Gasteiger partial charge in [0.25, 0.3) is 0 Å². The predicted molar refractivity (Wildman–Crippen MR) is 102 cm³/mol. The van der Waals surface area contributed by atoms with Crippen LogP contribution in [0.25, 0.3) is 0 Å². The van der Waals surface area contributed by atoms with Gasteiger partial charge in [0, 0.05) is 17.9 Å². The van der Waals surface area contributed by atoms with Crippen molar-refractivity contribution in [2.75, 3.05) is 11.5 Å². The average Bonchev–Trinajstić information content (AvgIpc) is 2.60. The smallest absolute Gasteiger partial charge is 0.327 e. The highest BCUT2D eigenvalue weighted by Crippen LogP contribution is 2.01. The van der Waals surface area contributed by atoms with Crippen molar-refractivity contribution in [2.45, 2.75) is 43.9 Å². The van der Waals surface area contributed by atoms with Gasteiger partial charge in [0.15, 0.2) is 0 Å². The van der Waals surface area contributed by atoms with Crippen molar-refractivity contribution < 1.29 is 34.2 Å². The third-order valence-corrected chi connectivity index (χ3v) is 4.12. The third-order valence-electron chi connectivity index (χ3n) is 3.36. The van der Waals surface area contributed by atoms with Crippen molar-refractivity contribution >= 4 is 54.9 Å². The van der Waals surface area contributed by atoms with E-state index in [2.05, 4.69) is 41.2 Å². The summed E-state index contributed by atoms with van der Waals surface area (Å²) in [6.07, 6.45) is -0.634. The fourth-order valence-corrected chi connectivity index (χ4v) is 2.17. The van der Waals surface area contributed by atoms with Crippen LogP contribution in [0.3, 0.4) is 0 Å². The molecule has 0 saturated heterocycles. The summed E-state index contributed by atoms with van der Waals surface area (Å²) in [5.41, 5.74) is 5.51. The van der Waals surface area contributed by atoms with Gasteiger partial charge in [-0.25, -0.2) is 4.79 Å². The Labute approximate surface area is 166 Å². The lowest BCUT2D eigenvalue weighted by Crippen LogP contribution is -2.56. The second-order valence-electron chi connectivity index (χ2n) is 5.59. The molecule has 154 valence electrons. The number of carbonyl (C=O) groups is 5. The largest absolute Gasteiger partial charge is 0.481 e. The highest BCUT2D eigenvalue weighted by Gasteiger charge is 2.28. The van der Waals surface area contributed by atoms with Crippen LogP contribution in [0.5, 0.6) is 0 Å². The van der Waals surface area contributed by atoms with Gasteiger partial charge in [-0.3, -0.25) is 19.2 Å².